The molecule has 0 spiro atoms. The molecule has 2 heterocycles. The van der Waals surface area contributed by atoms with E-state index in [4.69, 9.17) is 0 Å². The van der Waals surface area contributed by atoms with Crippen LogP contribution in [0.5, 0.6) is 0 Å². The van der Waals surface area contributed by atoms with Crippen molar-refractivity contribution in [3.8, 4) is 11.3 Å². The van der Waals surface area contributed by atoms with E-state index in [0.717, 1.165) is 16.8 Å². The van der Waals surface area contributed by atoms with E-state index in [9.17, 15) is 0 Å². The number of nitrogens with zero attached hydrogens (tertiary/aromatic N) is 2. The smallest absolute Gasteiger partial charge is 0.0717 e. The standard InChI is InChI=1S/C11H10N2/c1-9-6-10(8-12-7-9)11-4-2-3-5-13-11/h2-8H,1H3. The van der Waals surface area contributed by atoms with Crippen LogP contribution in [-0.4, -0.2) is 9.97 Å². The van der Waals surface area contributed by atoms with E-state index in [1.807, 2.05) is 37.5 Å². The first-order valence-corrected chi connectivity index (χ1v) is 4.19. The molecule has 0 amide bonds. The molecular weight excluding hydrogens is 160 g/mol. The second-order valence-electron chi connectivity index (χ2n) is 2.97. The lowest BCUT2D eigenvalue weighted by Crippen LogP contribution is -1.84. The van der Waals surface area contributed by atoms with Crippen LogP contribution in [-0.2, 0) is 0 Å². The van der Waals surface area contributed by atoms with Gasteiger partial charge in [0.1, 0.15) is 0 Å². The lowest BCUT2D eigenvalue weighted by molar-refractivity contribution is 1.24. The first-order valence-electron chi connectivity index (χ1n) is 4.19. The second kappa shape index (κ2) is 3.35. The van der Waals surface area contributed by atoms with Gasteiger partial charge in [0.25, 0.3) is 0 Å². The van der Waals surface area contributed by atoms with Gasteiger partial charge in [-0.05, 0) is 30.7 Å². The van der Waals surface area contributed by atoms with Crippen LogP contribution in [0.1, 0.15) is 5.56 Å². The van der Waals surface area contributed by atoms with Crippen molar-refractivity contribution in [1.82, 2.24) is 9.97 Å². The van der Waals surface area contributed by atoms with Gasteiger partial charge in [0, 0.05) is 24.2 Å². The summed E-state index contributed by atoms with van der Waals surface area (Å²) in [5.74, 6) is 0. The quantitative estimate of drug-likeness (QED) is 0.657. The summed E-state index contributed by atoms with van der Waals surface area (Å²) >= 11 is 0. The topological polar surface area (TPSA) is 25.8 Å². The molecule has 0 aliphatic carbocycles. The third kappa shape index (κ3) is 1.72. The Balaban J connectivity index is 2.48. The maximum atomic E-state index is 4.25. The van der Waals surface area contributed by atoms with Crippen molar-refractivity contribution in [2.24, 2.45) is 0 Å². The molecule has 2 nitrogen and oxygen atoms in total. The molecule has 0 atom stereocenters. The number of aryl methyl sites for hydroxylation is 1. The van der Waals surface area contributed by atoms with E-state index >= 15 is 0 Å². The largest absolute Gasteiger partial charge is 0.264 e. The van der Waals surface area contributed by atoms with Gasteiger partial charge in [0.05, 0.1) is 5.69 Å². The fourth-order valence-corrected chi connectivity index (χ4v) is 1.23. The molecule has 0 unspecified atom stereocenters. The molecule has 2 aromatic heterocycles. The number of pyridine rings is 2. The maximum Gasteiger partial charge on any atom is 0.0717 e. The van der Waals surface area contributed by atoms with Crippen LogP contribution in [0.4, 0.5) is 0 Å². The van der Waals surface area contributed by atoms with Gasteiger partial charge in [-0.1, -0.05) is 6.07 Å². The van der Waals surface area contributed by atoms with Crippen LogP contribution in [0.3, 0.4) is 0 Å². The van der Waals surface area contributed by atoms with E-state index in [1.165, 1.54) is 0 Å². The summed E-state index contributed by atoms with van der Waals surface area (Å²) in [5.41, 5.74) is 3.20. The highest BCUT2D eigenvalue weighted by atomic mass is 14.7. The summed E-state index contributed by atoms with van der Waals surface area (Å²) in [6.45, 7) is 2.03. The Hall–Kier alpha value is -1.70. The summed E-state index contributed by atoms with van der Waals surface area (Å²) in [7, 11) is 0. The maximum absolute atomic E-state index is 4.25. The normalized spacial score (nSPS) is 9.92. The van der Waals surface area contributed by atoms with Crippen molar-refractivity contribution in [3.05, 3.63) is 48.4 Å². The minimum Gasteiger partial charge on any atom is -0.264 e. The van der Waals surface area contributed by atoms with E-state index < -0.39 is 0 Å². The first kappa shape index (κ1) is 7.92. The Morgan fingerprint density at radius 1 is 1.15 bits per heavy atom. The Morgan fingerprint density at radius 3 is 2.77 bits per heavy atom. The molecule has 0 aliphatic rings. The monoisotopic (exact) mass is 170 g/mol. The third-order valence-corrected chi connectivity index (χ3v) is 1.84. The van der Waals surface area contributed by atoms with Crippen molar-refractivity contribution >= 4 is 0 Å². The number of hydrogen-bond donors (Lipinski definition) is 0. The summed E-state index contributed by atoms with van der Waals surface area (Å²) < 4.78 is 0. The molecule has 13 heavy (non-hydrogen) atoms. The van der Waals surface area contributed by atoms with Gasteiger partial charge >= 0.3 is 0 Å². The molecule has 0 aliphatic heterocycles. The van der Waals surface area contributed by atoms with Gasteiger partial charge in [0.2, 0.25) is 0 Å². The molecule has 2 aromatic rings. The van der Waals surface area contributed by atoms with Crippen molar-refractivity contribution in [2.75, 3.05) is 0 Å². The molecular formula is C11H10N2. The predicted molar refractivity (Wildman–Crippen MR) is 52.2 cm³/mol. The fraction of sp³-hybridized carbons (Fsp3) is 0.0909. The fourth-order valence-electron chi connectivity index (χ4n) is 1.23. The average Bonchev–Trinajstić information content (AvgIpc) is 2.19. The van der Waals surface area contributed by atoms with Gasteiger partial charge < -0.3 is 0 Å². The molecule has 2 rings (SSSR count). The van der Waals surface area contributed by atoms with Gasteiger partial charge in [-0.3, -0.25) is 9.97 Å². The summed E-state index contributed by atoms with van der Waals surface area (Å²) in [6, 6.07) is 7.95. The summed E-state index contributed by atoms with van der Waals surface area (Å²) in [6.07, 6.45) is 5.46. The van der Waals surface area contributed by atoms with E-state index in [0.29, 0.717) is 0 Å². The van der Waals surface area contributed by atoms with E-state index in [1.54, 1.807) is 6.20 Å². The molecule has 0 aromatic carbocycles. The van der Waals surface area contributed by atoms with Crippen LogP contribution in [0.25, 0.3) is 11.3 Å². The molecule has 0 bridgehead atoms. The zero-order valence-electron chi connectivity index (χ0n) is 7.44. The second-order valence-corrected chi connectivity index (χ2v) is 2.97. The van der Waals surface area contributed by atoms with Gasteiger partial charge in [0.15, 0.2) is 0 Å². The van der Waals surface area contributed by atoms with Crippen molar-refractivity contribution in [3.63, 3.8) is 0 Å². The lowest BCUT2D eigenvalue weighted by atomic mass is 10.1. The molecule has 0 N–H and O–H groups in total. The van der Waals surface area contributed by atoms with Crippen LogP contribution in [0, 0.1) is 6.92 Å². The van der Waals surface area contributed by atoms with Crippen LogP contribution >= 0.6 is 0 Å². The van der Waals surface area contributed by atoms with Crippen LogP contribution in [0.15, 0.2) is 42.9 Å². The van der Waals surface area contributed by atoms with Crippen molar-refractivity contribution in [1.29, 1.82) is 0 Å². The highest BCUT2D eigenvalue weighted by Crippen LogP contribution is 2.15. The average molecular weight is 170 g/mol. The SMILES string of the molecule is Cc1cncc(-c2ccccn2)c1. The predicted octanol–water partition coefficient (Wildman–Crippen LogP) is 2.45. The third-order valence-electron chi connectivity index (χ3n) is 1.84. The number of hydrogen-bond acceptors (Lipinski definition) is 2. The zero-order chi connectivity index (χ0) is 9.10. The Bertz CT molecular complexity index is 396. The molecule has 0 saturated carbocycles. The number of rotatable bonds is 1. The van der Waals surface area contributed by atoms with Gasteiger partial charge in [-0.15, -0.1) is 0 Å². The highest BCUT2D eigenvalue weighted by molar-refractivity contribution is 5.57. The Labute approximate surface area is 77.3 Å². The van der Waals surface area contributed by atoms with E-state index in [-0.39, 0.29) is 0 Å². The minimum atomic E-state index is 0.971. The molecule has 0 fully saturated rings. The van der Waals surface area contributed by atoms with Crippen LogP contribution in [0.2, 0.25) is 0 Å². The van der Waals surface area contributed by atoms with Crippen molar-refractivity contribution < 1.29 is 0 Å². The minimum absolute atomic E-state index is 0.971. The van der Waals surface area contributed by atoms with E-state index in [2.05, 4.69) is 16.0 Å². The van der Waals surface area contributed by atoms with Gasteiger partial charge in [-0.25, -0.2) is 0 Å². The van der Waals surface area contributed by atoms with Crippen molar-refractivity contribution in [2.45, 2.75) is 6.92 Å². The van der Waals surface area contributed by atoms with Gasteiger partial charge in [-0.2, -0.15) is 0 Å². The first-order chi connectivity index (χ1) is 6.36. The lowest BCUT2D eigenvalue weighted by Gasteiger charge is -1.99. The molecule has 64 valence electrons. The zero-order valence-corrected chi connectivity index (χ0v) is 7.44. The Kier molecular flexibility index (Phi) is 2.04. The molecule has 2 heteroatoms. The molecule has 0 saturated heterocycles. The highest BCUT2D eigenvalue weighted by Gasteiger charge is 1.97. The van der Waals surface area contributed by atoms with Crippen LogP contribution < -0.4 is 0 Å². The molecule has 0 radical (unpaired) electrons. The summed E-state index contributed by atoms with van der Waals surface area (Å²) in [4.78, 5) is 8.37. The summed E-state index contributed by atoms with van der Waals surface area (Å²) in [5, 5.41) is 0. The Morgan fingerprint density at radius 2 is 2.08 bits per heavy atom. The number of aromatic nitrogens is 2.